The first-order chi connectivity index (χ1) is 9.65. The van der Waals surface area contributed by atoms with Gasteiger partial charge in [0, 0.05) is 16.1 Å². The molecule has 0 saturated carbocycles. The lowest BCUT2D eigenvalue weighted by Crippen LogP contribution is -2.35. The molecule has 0 aliphatic heterocycles. The van der Waals surface area contributed by atoms with E-state index >= 15 is 0 Å². The molecule has 3 rings (SSSR count). The van der Waals surface area contributed by atoms with Gasteiger partial charge in [0.1, 0.15) is 4.88 Å². The predicted molar refractivity (Wildman–Crippen MR) is 85.2 cm³/mol. The number of allylic oxidation sites excluding steroid dienone is 1. The number of hydrogen-bond donors (Lipinski definition) is 2. The van der Waals surface area contributed by atoms with Gasteiger partial charge >= 0.3 is 0 Å². The highest BCUT2D eigenvalue weighted by molar-refractivity contribution is 7.21. The summed E-state index contributed by atoms with van der Waals surface area (Å²) in [5.41, 5.74) is 7.92. The number of amides is 1. The van der Waals surface area contributed by atoms with Gasteiger partial charge in [0.2, 0.25) is 0 Å². The molecular formula is C16H18N2OS. The van der Waals surface area contributed by atoms with Crippen molar-refractivity contribution in [2.24, 2.45) is 0 Å². The van der Waals surface area contributed by atoms with E-state index in [1.54, 1.807) is 0 Å². The van der Waals surface area contributed by atoms with Crippen LogP contribution in [-0.4, -0.2) is 11.9 Å². The van der Waals surface area contributed by atoms with Gasteiger partial charge in [-0.3, -0.25) is 4.79 Å². The normalized spacial score (nSPS) is 18.4. The Morgan fingerprint density at radius 2 is 2.25 bits per heavy atom. The van der Waals surface area contributed by atoms with Crippen LogP contribution in [-0.2, 0) is 0 Å². The smallest absolute Gasteiger partial charge is 0.263 e. The lowest BCUT2D eigenvalue weighted by atomic mass is 10.0. The summed E-state index contributed by atoms with van der Waals surface area (Å²) < 4.78 is 1.07. The van der Waals surface area contributed by atoms with Crippen molar-refractivity contribution in [3.8, 4) is 0 Å². The number of nitrogens with two attached hydrogens (primary N) is 1. The average molecular weight is 286 g/mol. The first-order valence-electron chi connectivity index (χ1n) is 6.89. The van der Waals surface area contributed by atoms with Crippen LogP contribution < -0.4 is 11.1 Å². The molecule has 20 heavy (non-hydrogen) atoms. The van der Waals surface area contributed by atoms with Gasteiger partial charge in [0.25, 0.3) is 5.91 Å². The van der Waals surface area contributed by atoms with Crippen LogP contribution in [0.25, 0.3) is 10.1 Å². The van der Waals surface area contributed by atoms with Gasteiger partial charge in [-0.05, 0) is 38.3 Å². The summed E-state index contributed by atoms with van der Waals surface area (Å²) in [5.74, 6) is -0.0401. The molecule has 2 aromatic rings. The van der Waals surface area contributed by atoms with Crippen LogP contribution in [0.2, 0.25) is 0 Å². The topological polar surface area (TPSA) is 55.1 Å². The zero-order valence-corrected chi connectivity index (χ0v) is 12.3. The van der Waals surface area contributed by atoms with Gasteiger partial charge in [-0.15, -0.1) is 11.3 Å². The summed E-state index contributed by atoms with van der Waals surface area (Å²) in [6.45, 7) is 2.03. The Hall–Kier alpha value is -1.81. The number of nitrogen functional groups attached to an aromatic ring is 1. The second-order valence-corrected chi connectivity index (χ2v) is 6.35. The van der Waals surface area contributed by atoms with Crippen molar-refractivity contribution in [3.63, 3.8) is 0 Å². The van der Waals surface area contributed by atoms with E-state index in [1.807, 2.05) is 25.1 Å². The quantitative estimate of drug-likeness (QED) is 0.828. The molecule has 104 valence electrons. The van der Waals surface area contributed by atoms with Gasteiger partial charge in [-0.2, -0.15) is 0 Å². The molecule has 3 nitrogen and oxygen atoms in total. The van der Waals surface area contributed by atoms with E-state index in [1.165, 1.54) is 11.3 Å². The minimum Gasteiger partial charge on any atom is -0.397 e. The number of carbonyl (C=O) groups is 1. The highest BCUT2D eigenvalue weighted by atomic mass is 32.1. The highest BCUT2D eigenvalue weighted by Gasteiger charge is 2.19. The summed E-state index contributed by atoms with van der Waals surface area (Å²) in [4.78, 5) is 13.0. The van der Waals surface area contributed by atoms with Gasteiger partial charge in [0.05, 0.1) is 5.69 Å². The number of aryl methyl sites for hydroxylation is 1. The fraction of sp³-hybridized carbons (Fsp3) is 0.312. The van der Waals surface area contributed by atoms with Crippen LogP contribution in [0.4, 0.5) is 5.69 Å². The summed E-state index contributed by atoms with van der Waals surface area (Å²) in [6, 6.07) is 6.36. The molecule has 0 saturated heterocycles. The molecule has 0 radical (unpaired) electrons. The van der Waals surface area contributed by atoms with E-state index in [9.17, 15) is 4.79 Å². The molecule has 1 aromatic carbocycles. The van der Waals surface area contributed by atoms with Crippen LogP contribution in [0.1, 0.15) is 34.5 Å². The van der Waals surface area contributed by atoms with Crippen LogP contribution >= 0.6 is 11.3 Å². The summed E-state index contributed by atoms with van der Waals surface area (Å²) in [7, 11) is 0. The molecule has 1 aliphatic carbocycles. The van der Waals surface area contributed by atoms with E-state index in [4.69, 9.17) is 5.73 Å². The van der Waals surface area contributed by atoms with Gasteiger partial charge in [-0.1, -0.05) is 23.8 Å². The number of rotatable bonds is 2. The molecule has 0 spiro atoms. The van der Waals surface area contributed by atoms with E-state index in [0.29, 0.717) is 10.6 Å². The monoisotopic (exact) mass is 286 g/mol. The average Bonchev–Trinajstić information content (AvgIpc) is 2.77. The fourth-order valence-corrected chi connectivity index (χ4v) is 3.58. The Kier molecular flexibility index (Phi) is 3.49. The third-order valence-electron chi connectivity index (χ3n) is 3.69. The van der Waals surface area contributed by atoms with Crippen LogP contribution in [0.3, 0.4) is 0 Å². The van der Waals surface area contributed by atoms with Crippen molar-refractivity contribution < 1.29 is 4.79 Å². The number of anilines is 1. The summed E-state index contributed by atoms with van der Waals surface area (Å²) >= 11 is 1.47. The van der Waals surface area contributed by atoms with E-state index in [0.717, 1.165) is 34.9 Å². The molecule has 1 atom stereocenters. The SMILES string of the molecule is Cc1ccc2sc(C(=O)NC3CC=CCC3)c(N)c2c1. The number of carbonyl (C=O) groups excluding carboxylic acids is 1. The van der Waals surface area contributed by atoms with Crippen molar-refractivity contribution in [3.05, 3.63) is 40.8 Å². The Morgan fingerprint density at radius 3 is 3.00 bits per heavy atom. The molecular weight excluding hydrogens is 268 g/mol. The minimum atomic E-state index is -0.0401. The van der Waals surface area contributed by atoms with Crippen LogP contribution in [0.5, 0.6) is 0 Å². The van der Waals surface area contributed by atoms with E-state index in [2.05, 4.69) is 17.5 Å². The van der Waals surface area contributed by atoms with Crippen molar-refractivity contribution >= 4 is 33.0 Å². The van der Waals surface area contributed by atoms with Gasteiger partial charge in [0.15, 0.2) is 0 Å². The maximum Gasteiger partial charge on any atom is 0.263 e. The maximum absolute atomic E-state index is 12.4. The zero-order chi connectivity index (χ0) is 14.1. The lowest BCUT2D eigenvalue weighted by Gasteiger charge is -2.18. The Morgan fingerprint density at radius 1 is 1.40 bits per heavy atom. The Labute approximate surface area is 122 Å². The summed E-state index contributed by atoms with van der Waals surface area (Å²) in [5, 5.41) is 4.08. The maximum atomic E-state index is 12.4. The molecule has 0 fully saturated rings. The van der Waals surface area contributed by atoms with Crippen LogP contribution in [0, 0.1) is 6.92 Å². The van der Waals surface area contributed by atoms with Crippen LogP contribution in [0.15, 0.2) is 30.4 Å². The molecule has 0 bridgehead atoms. The Bertz CT molecular complexity index is 687. The second-order valence-electron chi connectivity index (χ2n) is 5.30. The molecule has 4 heteroatoms. The van der Waals surface area contributed by atoms with Crippen molar-refractivity contribution in [2.45, 2.75) is 32.2 Å². The fourth-order valence-electron chi connectivity index (χ4n) is 2.57. The second kappa shape index (κ2) is 5.29. The highest BCUT2D eigenvalue weighted by Crippen LogP contribution is 2.34. The molecule has 1 amide bonds. The standard InChI is InChI=1S/C16H18N2OS/c1-10-7-8-13-12(9-10)14(17)15(20-13)16(19)18-11-5-3-2-4-6-11/h2-3,7-9,11H,4-6,17H2,1H3,(H,18,19). The Balaban J connectivity index is 1.87. The number of nitrogens with one attached hydrogen (secondary N) is 1. The minimum absolute atomic E-state index is 0.0401. The summed E-state index contributed by atoms with van der Waals surface area (Å²) in [6.07, 6.45) is 7.25. The molecule has 1 aromatic heterocycles. The molecule has 3 N–H and O–H groups in total. The molecule has 1 heterocycles. The van der Waals surface area contributed by atoms with Gasteiger partial charge in [-0.25, -0.2) is 0 Å². The predicted octanol–water partition coefficient (Wildman–Crippen LogP) is 3.63. The first-order valence-corrected chi connectivity index (χ1v) is 7.71. The lowest BCUT2D eigenvalue weighted by molar-refractivity contribution is 0.0939. The third kappa shape index (κ3) is 2.43. The number of thiophene rings is 1. The van der Waals surface area contributed by atoms with E-state index in [-0.39, 0.29) is 11.9 Å². The van der Waals surface area contributed by atoms with Crippen molar-refractivity contribution in [1.29, 1.82) is 0 Å². The number of fused-ring (bicyclic) bond motifs is 1. The largest absolute Gasteiger partial charge is 0.397 e. The molecule has 1 unspecified atom stereocenters. The van der Waals surface area contributed by atoms with Crippen molar-refractivity contribution in [1.82, 2.24) is 5.32 Å². The third-order valence-corrected chi connectivity index (χ3v) is 4.88. The molecule has 1 aliphatic rings. The van der Waals surface area contributed by atoms with E-state index < -0.39 is 0 Å². The zero-order valence-electron chi connectivity index (χ0n) is 11.5. The number of hydrogen-bond acceptors (Lipinski definition) is 3. The van der Waals surface area contributed by atoms with Gasteiger partial charge < -0.3 is 11.1 Å². The number of benzene rings is 1. The first kappa shape index (κ1) is 13.2. The van der Waals surface area contributed by atoms with Crippen molar-refractivity contribution in [2.75, 3.05) is 5.73 Å².